The molecule has 1 unspecified atom stereocenters. The van der Waals surface area contributed by atoms with Crippen molar-refractivity contribution in [3.8, 4) is 0 Å². The molecule has 2 N–H and O–H groups in total. The molecule has 0 amide bonds. The van der Waals surface area contributed by atoms with Gasteiger partial charge < -0.3 is 15.0 Å². The second-order valence-electron chi connectivity index (χ2n) is 5.56. The highest BCUT2D eigenvalue weighted by Gasteiger charge is 2.20. The summed E-state index contributed by atoms with van der Waals surface area (Å²) in [4.78, 5) is 4.40. The number of aromatic nitrogens is 2. The zero-order valence-corrected chi connectivity index (χ0v) is 12.2. The van der Waals surface area contributed by atoms with Crippen molar-refractivity contribution < 1.29 is 9.26 Å². The van der Waals surface area contributed by atoms with Crippen LogP contribution in [-0.2, 0) is 11.2 Å². The van der Waals surface area contributed by atoms with E-state index in [9.17, 15) is 0 Å². The maximum Gasteiger partial charge on any atom is 0.226 e. The van der Waals surface area contributed by atoms with Crippen molar-refractivity contribution in [3.63, 3.8) is 0 Å². The van der Waals surface area contributed by atoms with E-state index in [1.807, 2.05) is 44.2 Å². The molecule has 1 aromatic heterocycles. The minimum absolute atomic E-state index is 0.241. The van der Waals surface area contributed by atoms with Gasteiger partial charge in [0.05, 0.1) is 0 Å². The Morgan fingerprint density at radius 2 is 2.00 bits per heavy atom. The van der Waals surface area contributed by atoms with Gasteiger partial charge in [-0.25, -0.2) is 0 Å². The van der Waals surface area contributed by atoms with E-state index in [0.29, 0.717) is 18.1 Å². The Bertz CT molecular complexity index is 532. The third kappa shape index (κ3) is 3.88. The minimum atomic E-state index is -0.306. The molecule has 0 radical (unpaired) electrons. The smallest absolute Gasteiger partial charge is 0.226 e. The Kier molecular flexibility index (Phi) is 4.52. The third-order valence-electron chi connectivity index (χ3n) is 3.04. The van der Waals surface area contributed by atoms with Crippen molar-refractivity contribution >= 4 is 0 Å². The number of nitrogens with zero attached hydrogens (tertiary/aromatic N) is 2. The number of ether oxygens (including phenoxy) is 1. The lowest BCUT2D eigenvalue weighted by Gasteiger charge is -2.16. The van der Waals surface area contributed by atoms with Gasteiger partial charge in [-0.2, -0.15) is 4.98 Å². The standard InChI is InChI=1S/C15H21N3O2/c1-15(2,16)10-9-12-17-14(18-20-12)13(19-3)11-7-5-4-6-8-11/h4-8,13H,9-10,16H2,1-3H3. The van der Waals surface area contributed by atoms with Crippen LogP contribution >= 0.6 is 0 Å². The first-order chi connectivity index (χ1) is 9.49. The summed E-state index contributed by atoms with van der Waals surface area (Å²) in [6, 6.07) is 9.83. The molecule has 20 heavy (non-hydrogen) atoms. The van der Waals surface area contributed by atoms with Crippen molar-refractivity contribution in [2.45, 2.75) is 38.3 Å². The van der Waals surface area contributed by atoms with Crippen molar-refractivity contribution in [2.24, 2.45) is 5.73 Å². The molecule has 0 saturated heterocycles. The topological polar surface area (TPSA) is 74.2 Å². The van der Waals surface area contributed by atoms with Gasteiger partial charge in [0.15, 0.2) is 0 Å². The number of rotatable bonds is 6. The molecule has 0 aliphatic rings. The molecule has 5 heteroatoms. The van der Waals surface area contributed by atoms with E-state index in [0.717, 1.165) is 12.0 Å². The largest absolute Gasteiger partial charge is 0.369 e. The van der Waals surface area contributed by atoms with Crippen molar-refractivity contribution in [1.82, 2.24) is 10.1 Å². The summed E-state index contributed by atoms with van der Waals surface area (Å²) >= 11 is 0. The first kappa shape index (κ1) is 14.7. The summed E-state index contributed by atoms with van der Waals surface area (Å²) in [5.41, 5.74) is 6.71. The summed E-state index contributed by atoms with van der Waals surface area (Å²) in [5.74, 6) is 1.14. The lowest BCUT2D eigenvalue weighted by atomic mass is 10.0. The molecule has 2 rings (SSSR count). The Morgan fingerprint density at radius 1 is 1.30 bits per heavy atom. The van der Waals surface area contributed by atoms with Crippen molar-refractivity contribution in [2.75, 3.05) is 7.11 Å². The molecule has 1 heterocycles. The van der Waals surface area contributed by atoms with E-state index in [2.05, 4.69) is 10.1 Å². The van der Waals surface area contributed by atoms with Crippen LogP contribution in [0.4, 0.5) is 0 Å². The predicted molar refractivity (Wildman–Crippen MR) is 76.2 cm³/mol. The molecule has 0 fully saturated rings. The van der Waals surface area contributed by atoms with Crippen LogP contribution in [0.3, 0.4) is 0 Å². The predicted octanol–water partition coefficient (Wildman–Crippen LogP) is 2.48. The summed E-state index contributed by atoms with van der Waals surface area (Å²) in [7, 11) is 1.64. The van der Waals surface area contributed by atoms with E-state index >= 15 is 0 Å². The molecule has 1 aromatic carbocycles. The fourth-order valence-electron chi connectivity index (χ4n) is 1.92. The molecule has 0 bridgehead atoms. The molecule has 0 aliphatic heterocycles. The lowest BCUT2D eigenvalue weighted by Crippen LogP contribution is -2.32. The SMILES string of the molecule is COC(c1ccccc1)c1noc(CCC(C)(C)N)n1. The van der Waals surface area contributed by atoms with Gasteiger partial charge in [0, 0.05) is 19.1 Å². The van der Waals surface area contributed by atoms with E-state index in [1.54, 1.807) is 7.11 Å². The molecular formula is C15H21N3O2. The number of benzene rings is 1. The van der Waals surface area contributed by atoms with Crippen LogP contribution in [0, 0.1) is 0 Å². The monoisotopic (exact) mass is 275 g/mol. The molecule has 1 atom stereocenters. The maximum absolute atomic E-state index is 5.95. The number of aryl methyl sites for hydroxylation is 1. The summed E-state index contributed by atoms with van der Waals surface area (Å²) in [5, 5.41) is 4.01. The number of hydrogen-bond acceptors (Lipinski definition) is 5. The second kappa shape index (κ2) is 6.15. The maximum atomic E-state index is 5.95. The molecular weight excluding hydrogens is 254 g/mol. The average molecular weight is 275 g/mol. The van der Waals surface area contributed by atoms with Crippen molar-refractivity contribution in [3.05, 3.63) is 47.6 Å². The van der Waals surface area contributed by atoms with E-state index in [1.165, 1.54) is 0 Å². The number of nitrogens with two attached hydrogens (primary N) is 1. The highest BCUT2D eigenvalue weighted by Crippen LogP contribution is 2.23. The van der Waals surface area contributed by atoms with Gasteiger partial charge in [-0.3, -0.25) is 0 Å². The third-order valence-corrected chi connectivity index (χ3v) is 3.04. The van der Waals surface area contributed by atoms with E-state index in [4.69, 9.17) is 15.0 Å². The Balaban J connectivity index is 2.11. The number of hydrogen-bond donors (Lipinski definition) is 1. The molecule has 0 saturated carbocycles. The summed E-state index contributed by atoms with van der Waals surface area (Å²) in [6.45, 7) is 3.96. The fourth-order valence-corrected chi connectivity index (χ4v) is 1.92. The molecule has 5 nitrogen and oxygen atoms in total. The van der Waals surface area contributed by atoms with Crippen LogP contribution in [0.2, 0.25) is 0 Å². The van der Waals surface area contributed by atoms with E-state index < -0.39 is 0 Å². The van der Waals surface area contributed by atoms with Crippen LogP contribution in [0.25, 0.3) is 0 Å². The van der Waals surface area contributed by atoms with Crippen molar-refractivity contribution in [1.29, 1.82) is 0 Å². The first-order valence-corrected chi connectivity index (χ1v) is 6.69. The molecule has 2 aromatic rings. The fraction of sp³-hybridized carbons (Fsp3) is 0.467. The van der Waals surface area contributed by atoms with Crippen LogP contribution in [0.5, 0.6) is 0 Å². The van der Waals surface area contributed by atoms with Crippen LogP contribution in [0.1, 0.15) is 43.7 Å². The normalized spacial score (nSPS) is 13.4. The molecule has 0 aliphatic carbocycles. The zero-order valence-electron chi connectivity index (χ0n) is 12.2. The van der Waals surface area contributed by atoms with Crippen LogP contribution < -0.4 is 5.73 Å². The summed E-state index contributed by atoms with van der Waals surface area (Å²) in [6.07, 6.45) is 1.15. The first-order valence-electron chi connectivity index (χ1n) is 6.69. The van der Waals surface area contributed by atoms with Gasteiger partial charge in [-0.05, 0) is 25.8 Å². The quantitative estimate of drug-likeness (QED) is 0.876. The Labute approximate surface area is 119 Å². The molecule has 108 valence electrons. The minimum Gasteiger partial charge on any atom is -0.369 e. The van der Waals surface area contributed by atoms with Gasteiger partial charge in [-0.15, -0.1) is 0 Å². The zero-order chi connectivity index (χ0) is 14.6. The Hall–Kier alpha value is -1.72. The molecule has 0 spiro atoms. The lowest BCUT2D eigenvalue weighted by molar-refractivity contribution is 0.126. The van der Waals surface area contributed by atoms with Crippen LogP contribution in [0.15, 0.2) is 34.9 Å². The summed E-state index contributed by atoms with van der Waals surface area (Å²) < 4.78 is 10.7. The second-order valence-corrected chi connectivity index (χ2v) is 5.56. The van der Waals surface area contributed by atoms with Crippen LogP contribution in [-0.4, -0.2) is 22.8 Å². The van der Waals surface area contributed by atoms with Gasteiger partial charge in [0.1, 0.15) is 6.10 Å². The van der Waals surface area contributed by atoms with Gasteiger partial charge in [0.25, 0.3) is 0 Å². The van der Waals surface area contributed by atoms with Gasteiger partial charge >= 0.3 is 0 Å². The van der Waals surface area contributed by atoms with Gasteiger partial charge in [-0.1, -0.05) is 35.5 Å². The number of methoxy groups -OCH3 is 1. The van der Waals surface area contributed by atoms with Gasteiger partial charge in [0.2, 0.25) is 11.7 Å². The highest BCUT2D eigenvalue weighted by atomic mass is 16.5. The van der Waals surface area contributed by atoms with E-state index in [-0.39, 0.29) is 11.6 Å². The average Bonchev–Trinajstić information content (AvgIpc) is 2.87. The highest BCUT2D eigenvalue weighted by molar-refractivity contribution is 5.22. The Morgan fingerprint density at radius 3 is 2.60 bits per heavy atom.